The zero-order valence-corrected chi connectivity index (χ0v) is 24.3. The van der Waals surface area contributed by atoms with Crippen molar-refractivity contribution in [2.75, 3.05) is 0 Å². The molecule has 0 amide bonds. The van der Waals surface area contributed by atoms with E-state index >= 15 is 0 Å². The van der Waals surface area contributed by atoms with Gasteiger partial charge < -0.3 is 0 Å². The molecule has 0 aliphatic heterocycles. The second-order valence-electron chi connectivity index (χ2n) is 11.8. The third kappa shape index (κ3) is 3.56. The third-order valence-corrected chi connectivity index (χ3v) is 9.22. The van der Waals surface area contributed by atoms with E-state index in [9.17, 15) is 0 Å². The van der Waals surface area contributed by atoms with Gasteiger partial charge in [0.25, 0.3) is 0 Å². The van der Waals surface area contributed by atoms with Gasteiger partial charge in [0.15, 0.2) is 17.5 Å². The predicted molar refractivity (Wildman–Crippen MR) is 174 cm³/mol. The van der Waals surface area contributed by atoms with Crippen molar-refractivity contribution in [1.29, 1.82) is 0 Å². The summed E-state index contributed by atoms with van der Waals surface area (Å²) in [6, 6.07) is 28.3. The second-order valence-corrected chi connectivity index (χ2v) is 11.8. The lowest BCUT2D eigenvalue weighted by atomic mass is 9.84. The number of aromatic nitrogens is 3. The van der Waals surface area contributed by atoms with E-state index in [2.05, 4.69) is 131 Å². The maximum absolute atomic E-state index is 5.30. The molecule has 3 nitrogen and oxygen atoms in total. The normalized spacial score (nSPS) is 16.9. The molecule has 2 unspecified atom stereocenters. The SMILES string of the molecule is Cc1cccc(C)c1-c1nc(-c2c(C)cccc2C)nc(-c2c3ccccc3c3c4c(cccc24)C2C=CC=CC32)n1. The Morgan fingerprint density at radius 1 is 0.452 bits per heavy atom. The van der Waals surface area contributed by atoms with Gasteiger partial charge in [0.05, 0.1) is 0 Å². The summed E-state index contributed by atoms with van der Waals surface area (Å²) in [4.78, 5) is 15.8. The van der Waals surface area contributed by atoms with Gasteiger partial charge in [-0.2, -0.15) is 0 Å². The van der Waals surface area contributed by atoms with Crippen molar-refractivity contribution in [1.82, 2.24) is 15.0 Å². The molecule has 6 aromatic rings. The van der Waals surface area contributed by atoms with Crippen LogP contribution in [0.5, 0.6) is 0 Å². The summed E-state index contributed by atoms with van der Waals surface area (Å²) in [6.07, 6.45) is 9.11. The lowest BCUT2D eigenvalue weighted by Gasteiger charge is -2.19. The summed E-state index contributed by atoms with van der Waals surface area (Å²) < 4.78 is 0. The van der Waals surface area contributed by atoms with E-state index < -0.39 is 0 Å². The molecule has 0 N–H and O–H groups in total. The monoisotopic (exact) mass is 541 g/mol. The highest BCUT2D eigenvalue weighted by molar-refractivity contribution is 6.16. The van der Waals surface area contributed by atoms with E-state index in [1.807, 2.05) is 0 Å². The largest absolute Gasteiger partial charge is 0.208 e. The summed E-state index contributed by atoms with van der Waals surface area (Å²) >= 11 is 0. The van der Waals surface area contributed by atoms with Gasteiger partial charge in [-0.05, 0) is 82.6 Å². The van der Waals surface area contributed by atoms with Crippen molar-refractivity contribution in [2.45, 2.75) is 39.5 Å². The minimum absolute atomic E-state index is 0.336. The molecule has 0 saturated carbocycles. The lowest BCUT2D eigenvalue weighted by molar-refractivity contribution is 0.773. The summed E-state index contributed by atoms with van der Waals surface area (Å²) in [5.74, 6) is 2.85. The molecule has 3 heteroatoms. The Kier molecular flexibility index (Phi) is 5.52. The van der Waals surface area contributed by atoms with Crippen molar-refractivity contribution in [3.05, 3.63) is 137 Å². The first-order valence-corrected chi connectivity index (χ1v) is 14.7. The number of nitrogens with zero attached hydrogens (tertiary/aromatic N) is 3. The Morgan fingerprint density at radius 3 is 1.52 bits per heavy atom. The van der Waals surface area contributed by atoms with Gasteiger partial charge in [-0.3, -0.25) is 0 Å². The number of fused-ring (bicyclic) bond motifs is 5. The number of hydrogen-bond donors (Lipinski definition) is 0. The van der Waals surface area contributed by atoms with Crippen molar-refractivity contribution >= 4 is 21.5 Å². The molecule has 42 heavy (non-hydrogen) atoms. The molecule has 1 heterocycles. The van der Waals surface area contributed by atoms with Gasteiger partial charge in [-0.15, -0.1) is 0 Å². The molecule has 0 radical (unpaired) electrons. The van der Waals surface area contributed by atoms with Gasteiger partial charge in [-0.1, -0.05) is 103 Å². The molecule has 8 rings (SSSR count). The average Bonchev–Trinajstić information content (AvgIpc) is 3.33. The molecule has 5 aromatic carbocycles. The molecule has 0 saturated heterocycles. The van der Waals surface area contributed by atoms with Crippen LogP contribution in [0.15, 0.2) is 103 Å². The predicted octanol–water partition coefficient (Wildman–Crippen LogP) is 9.72. The fraction of sp³-hybridized carbons (Fsp3) is 0.154. The molecule has 0 spiro atoms. The molecule has 2 aliphatic carbocycles. The fourth-order valence-corrected chi connectivity index (χ4v) is 7.39. The van der Waals surface area contributed by atoms with E-state index in [1.54, 1.807) is 0 Å². The van der Waals surface area contributed by atoms with Gasteiger partial charge in [0.2, 0.25) is 0 Å². The van der Waals surface area contributed by atoms with Gasteiger partial charge in [0, 0.05) is 28.5 Å². The molecule has 2 atom stereocenters. The van der Waals surface area contributed by atoms with Crippen LogP contribution in [0.2, 0.25) is 0 Å². The molecular weight excluding hydrogens is 510 g/mol. The van der Waals surface area contributed by atoms with Crippen LogP contribution in [-0.2, 0) is 0 Å². The standard InChI is InChI=1S/C39H31N3/c1-22-12-9-13-23(2)32(22)37-40-38(33-24(3)14-10-15-25(33)4)42-39(41-37)36-30-19-8-7-18-29(30)34-27-17-6-5-16-26(27)28-20-11-21-31(36)35(28)34/h5-21,26-27H,1-4H3. The number of allylic oxidation sites excluding steroid dienone is 4. The number of benzene rings is 5. The Bertz CT molecular complexity index is 2040. The fourth-order valence-electron chi connectivity index (χ4n) is 7.39. The Balaban J connectivity index is 1.52. The zero-order valence-electron chi connectivity index (χ0n) is 24.3. The van der Waals surface area contributed by atoms with Crippen LogP contribution in [0.4, 0.5) is 0 Å². The first-order valence-electron chi connectivity index (χ1n) is 14.7. The third-order valence-electron chi connectivity index (χ3n) is 9.22. The Morgan fingerprint density at radius 2 is 0.929 bits per heavy atom. The van der Waals surface area contributed by atoms with Gasteiger partial charge in [0.1, 0.15) is 0 Å². The van der Waals surface area contributed by atoms with Gasteiger partial charge in [-0.25, -0.2) is 15.0 Å². The van der Waals surface area contributed by atoms with Crippen molar-refractivity contribution in [3.63, 3.8) is 0 Å². The number of rotatable bonds is 3. The van der Waals surface area contributed by atoms with E-state index in [-0.39, 0.29) is 0 Å². The van der Waals surface area contributed by atoms with Crippen LogP contribution in [0.3, 0.4) is 0 Å². The van der Waals surface area contributed by atoms with Crippen molar-refractivity contribution in [3.8, 4) is 34.2 Å². The molecule has 1 aromatic heterocycles. The smallest absolute Gasteiger partial charge is 0.165 e. The highest BCUT2D eigenvalue weighted by atomic mass is 15.0. The van der Waals surface area contributed by atoms with Crippen LogP contribution in [-0.4, -0.2) is 15.0 Å². The van der Waals surface area contributed by atoms with Crippen LogP contribution >= 0.6 is 0 Å². The van der Waals surface area contributed by atoms with E-state index in [0.717, 1.165) is 56.4 Å². The molecule has 2 aliphatic rings. The zero-order chi connectivity index (χ0) is 28.5. The van der Waals surface area contributed by atoms with Crippen LogP contribution in [0.25, 0.3) is 55.7 Å². The molecular formula is C39H31N3. The summed E-state index contributed by atoms with van der Waals surface area (Å²) in [5.41, 5.74) is 10.7. The average molecular weight is 542 g/mol. The van der Waals surface area contributed by atoms with Crippen LogP contribution in [0, 0.1) is 27.7 Å². The number of hydrogen-bond acceptors (Lipinski definition) is 3. The minimum atomic E-state index is 0.336. The lowest BCUT2D eigenvalue weighted by Crippen LogP contribution is -2.05. The summed E-state index contributed by atoms with van der Waals surface area (Å²) in [6.45, 7) is 8.56. The highest BCUT2D eigenvalue weighted by Gasteiger charge is 2.35. The van der Waals surface area contributed by atoms with Crippen LogP contribution in [0.1, 0.15) is 45.2 Å². The molecule has 0 bridgehead atoms. The van der Waals surface area contributed by atoms with Crippen molar-refractivity contribution < 1.29 is 0 Å². The first kappa shape index (κ1) is 24.9. The van der Waals surface area contributed by atoms with E-state index in [1.165, 1.54) is 32.7 Å². The topological polar surface area (TPSA) is 38.7 Å². The number of aryl methyl sites for hydroxylation is 4. The first-order chi connectivity index (χ1) is 20.5. The highest BCUT2D eigenvalue weighted by Crippen LogP contribution is 2.54. The Labute approximate surface area is 246 Å². The summed E-state index contributed by atoms with van der Waals surface area (Å²) in [5, 5.41) is 5.03. The summed E-state index contributed by atoms with van der Waals surface area (Å²) in [7, 11) is 0. The van der Waals surface area contributed by atoms with E-state index in [4.69, 9.17) is 15.0 Å². The molecule has 0 fully saturated rings. The minimum Gasteiger partial charge on any atom is -0.208 e. The maximum Gasteiger partial charge on any atom is 0.165 e. The van der Waals surface area contributed by atoms with Crippen LogP contribution < -0.4 is 0 Å². The van der Waals surface area contributed by atoms with Crippen molar-refractivity contribution in [2.24, 2.45) is 0 Å². The van der Waals surface area contributed by atoms with E-state index in [0.29, 0.717) is 11.8 Å². The molecule has 202 valence electrons. The Hall–Kier alpha value is -4.89. The maximum atomic E-state index is 5.30. The second kappa shape index (κ2) is 9.32. The van der Waals surface area contributed by atoms with Gasteiger partial charge >= 0.3 is 0 Å². The quantitative estimate of drug-likeness (QED) is 0.209.